The van der Waals surface area contributed by atoms with Crippen molar-refractivity contribution in [2.45, 2.75) is 32.4 Å². The smallest absolute Gasteiger partial charge is 0.255 e. The number of piperidine rings is 1. The molecule has 0 bridgehead atoms. The minimum Gasteiger partial charge on any atom is -0.333 e. The van der Waals surface area contributed by atoms with Gasteiger partial charge in [0.2, 0.25) is 11.8 Å². The molecule has 3 aromatic rings. The Bertz CT molecular complexity index is 1300. The average Bonchev–Trinajstić information content (AvgIpc) is 3.30. The van der Waals surface area contributed by atoms with E-state index >= 15 is 0 Å². The van der Waals surface area contributed by atoms with Crippen LogP contribution in [0, 0.1) is 12.7 Å². The Labute approximate surface area is 183 Å². The van der Waals surface area contributed by atoms with Gasteiger partial charge in [-0.3, -0.25) is 19.7 Å². The molecule has 1 N–H and O–H groups in total. The van der Waals surface area contributed by atoms with Crippen LogP contribution < -0.4 is 5.32 Å². The van der Waals surface area contributed by atoms with Crippen LogP contribution in [0.5, 0.6) is 0 Å². The summed E-state index contributed by atoms with van der Waals surface area (Å²) in [6.45, 7) is 2.00. The number of nitrogens with one attached hydrogen (secondary N) is 1. The van der Waals surface area contributed by atoms with E-state index in [2.05, 4.69) is 10.3 Å². The van der Waals surface area contributed by atoms with Crippen LogP contribution in [-0.2, 0) is 23.2 Å². The molecule has 2 aliphatic rings. The monoisotopic (exact) mass is 432 g/mol. The number of hydrogen-bond acceptors (Lipinski definition) is 4. The van der Waals surface area contributed by atoms with Gasteiger partial charge in [-0.05, 0) is 42.7 Å². The molecule has 0 aliphatic carbocycles. The Morgan fingerprint density at radius 1 is 1.09 bits per heavy atom. The number of hydrogen-bond donors (Lipinski definition) is 1. The van der Waals surface area contributed by atoms with Crippen LogP contribution in [0.15, 0.2) is 42.7 Å². The molecular weight excluding hydrogens is 411 g/mol. The summed E-state index contributed by atoms with van der Waals surface area (Å²) in [4.78, 5) is 42.7. The van der Waals surface area contributed by atoms with Gasteiger partial charge in [0.15, 0.2) is 0 Å². The fourth-order valence-corrected chi connectivity index (χ4v) is 4.44. The number of imidazole rings is 1. The molecule has 0 saturated carbocycles. The van der Waals surface area contributed by atoms with E-state index in [1.165, 1.54) is 11.0 Å². The second-order valence-electron chi connectivity index (χ2n) is 8.29. The van der Waals surface area contributed by atoms with E-state index < -0.39 is 11.9 Å². The second-order valence-corrected chi connectivity index (χ2v) is 8.29. The zero-order chi connectivity index (χ0) is 22.6. The largest absolute Gasteiger partial charge is 0.333 e. The second kappa shape index (κ2) is 7.40. The first-order valence-electron chi connectivity index (χ1n) is 10.4. The molecule has 32 heavy (non-hydrogen) atoms. The van der Waals surface area contributed by atoms with Gasteiger partial charge in [0, 0.05) is 36.7 Å². The molecule has 7 nitrogen and oxygen atoms in total. The molecule has 8 heteroatoms. The van der Waals surface area contributed by atoms with Crippen LogP contribution in [0.2, 0.25) is 0 Å². The number of imide groups is 1. The third kappa shape index (κ3) is 3.19. The number of benzene rings is 2. The van der Waals surface area contributed by atoms with E-state index in [0.29, 0.717) is 28.8 Å². The lowest BCUT2D eigenvalue weighted by Crippen LogP contribution is -2.52. The molecule has 1 atom stereocenters. The van der Waals surface area contributed by atoms with Crippen LogP contribution >= 0.6 is 0 Å². The lowest BCUT2D eigenvalue weighted by atomic mass is 10.00. The highest BCUT2D eigenvalue weighted by Gasteiger charge is 2.39. The molecule has 1 fully saturated rings. The quantitative estimate of drug-likeness (QED) is 0.645. The highest BCUT2D eigenvalue weighted by Crippen LogP contribution is 2.35. The third-order valence-electron chi connectivity index (χ3n) is 6.18. The van der Waals surface area contributed by atoms with Crippen LogP contribution in [0.1, 0.15) is 34.3 Å². The SMILES string of the molecule is Cc1ccc(-c2c(-c3ccc4c(c3)CN(C3CCC(=O)NC3=O)C4=O)ncn2C)cc1F. The Morgan fingerprint density at radius 2 is 1.88 bits per heavy atom. The maximum Gasteiger partial charge on any atom is 0.255 e. The Kier molecular flexibility index (Phi) is 4.65. The molecule has 1 aromatic heterocycles. The van der Waals surface area contributed by atoms with Gasteiger partial charge in [-0.2, -0.15) is 0 Å². The highest BCUT2D eigenvalue weighted by molar-refractivity contribution is 6.05. The van der Waals surface area contributed by atoms with Crippen molar-refractivity contribution < 1.29 is 18.8 Å². The van der Waals surface area contributed by atoms with Gasteiger partial charge in [-0.1, -0.05) is 18.2 Å². The number of carbonyl (C=O) groups excluding carboxylic acids is 3. The van der Waals surface area contributed by atoms with E-state index in [0.717, 1.165) is 16.8 Å². The van der Waals surface area contributed by atoms with Crippen molar-refractivity contribution in [1.82, 2.24) is 19.8 Å². The average molecular weight is 432 g/mol. The van der Waals surface area contributed by atoms with Crippen molar-refractivity contribution in [3.05, 3.63) is 65.2 Å². The molecule has 0 radical (unpaired) electrons. The van der Waals surface area contributed by atoms with Crippen molar-refractivity contribution in [1.29, 1.82) is 0 Å². The van der Waals surface area contributed by atoms with Crippen molar-refractivity contribution >= 4 is 17.7 Å². The Morgan fingerprint density at radius 3 is 2.62 bits per heavy atom. The van der Waals surface area contributed by atoms with Gasteiger partial charge >= 0.3 is 0 Å². The molecule has 2 aliphatic heterocycles. The summed E-state index contributed by atoms with van der Waals surface area (Å²) in [5.74, 6) is -1.25. The molecular formula is C24H21FN4O3. The topological polar surface area (TPSA) is 84.3 Å². The summed E-state index contributed by atoms with van der Waals surface area (Å²) >= 11 is 0. The summed E-state index contributed by atoms with van der Waals surface area (Å²) < 4.78 is 16.1. The summed E-state index contributed by atoms with van der Waals surface area (Å²) in [5, 5.41) is 2.31. The van der Waals surface area contributed by atoms with Crippen molar-refractivity contribution in [3.63, 3.8) is 0 Å². The van der Waals surface area contributed by atoms with Crippen molar-refractivity contribution in [3.8, 4) is 22.5 Å². The van der Waals surface area contributed by atoms with Gasteiger partial charge in [0.25, 0.3) is 5.91 Å². The zero-order valence-corrected chi connectivity index (χ0v) is 17.7. The molecule has 2 aromatic carbocycles. The van der Waals surface area contributed by atoms with Crippen LogP contribution in [0.25, 0.3) is 22.5 Å². The Balaban J connectivity index is 1.50. The zero-order valence-electron chi connectivity index (χ0n) is 17.7. The molecule has 3 amide bonds. The van der Waals surface area contributed by atoms with E-state index in [1.807, 2.05) is 29.8 Å². The van der Waals surface area contributed by atoms with Crippen molar-refractivity contribution in [2.24, 2.45) is 7.05 Å². The minimum atomic E-state index is -0.656. The lowest BCUT2D eigenvalue weighted by molar-refractivity contribution is -0.136. The van der Waals surface area contributed by atoms with Gasteiger partial charge in [0.05, 0.1) is 17.7 Å². The molecule has 162 valence electrons. The summed E-state index contributed by atoms with van der Waals surface area (Å²) in [6, 6.07) is 9.90. The van der Waals surface area contributed by atoms with E-state index in [9.17, 15) is 18.8 Å². The number of rotatable bonds is 3. The maximum absolute atomic E-state index is 14.2. The third-order valence-corrected chi connectivity index (χ3v) is 6.18. The van der Waals surface area contributed by atoms with Gasteiger partial charge < -0.3 is 9.47 Å². The highest BCUT2D eigenvalue weighted by atomic mass is 19.1. The van der Waals surface area contributed by atoms with Crippen molar-refractivity contribution in [2.75, 3.05) is 0 Å². The standard InChI is InChI=1S/C24H21FN4O3/c1-13-3-4-15(10-18(13)25)22-21(26-12-28(22)2)14-5-6-17-16(9-14)11-29(24(17)32)19-7-8-20(30)27-23(19)31/h3-6,9-10,12,19H,7-8,11H2,1-2H3,(H,27,30,31). The van der Waals surface area contributed by atoms with E-state index in [-0.39, 0.29) is 30.6 Å². The molecule has 5 rings (SSSR count). The molecule has 1 saturated heterocycles. The van der Waals surface area contributed by atoms with Gasteiger partial charge in [-0.15, -0.1) is 0 Å². The number of aromatic nitrogens is 2. The first-order chi connectivity index (χ1) is 15.3. The number of nitrogens with zero attached hydrogens (tertiary/aromatic N) is 3. The summed E-state index contributed by atoms with van der Waals surface area (Å²) in [6.07, 6.45) is 2.21. The number of carbonyl (C=O) groups is 3. The number of aryl methyl sites for hydroxylation is 2. The maximum atomic E-state index is 14.2. The minimum absolute atomic E-state index is 0.214. The fourth-order valence-electron chi connectivity index (χ4n) is 4.44. The predicted octanol–water partition coefficient (Wildman–Crippen LogP) is 2.96. The first-order valence-corrected chi connectivity index (χ1v) is 10.4. The summed E-state index contributed by atoms with van der Waals surface area (Å²) in [5.41, 5.74) is 4.88. The van der Waals surface area contributed by atoms with Crippen LogP contribution in [0.3, 0.4) is 0 Å². The van der Waals surface area contributed by atoms with Crippen LogP contribution in [-0.4, -0.2) is 38.2 Å². The first kappa shape index (κ1) is 20.1. The van der Waals surface area contributed by atoms with E-state index in [1.54, 1.807) is 25.4 Å². The number of fused-ring (bicyclic) bond motifs is 1. The lowest BCUT2D eigenvalue weighted by Gasteiger charge is -2.29. The summed E-state index contributed by atoms with van der Waals surface area (Å²) in [7, 11) is 1.85. The van der Waals surface area contributed by atoms with Gasteiger partial charge in [0.1, 0.15) is 11.9 Å². The number of halogens is 1. The molecule has 0 spiro atoms. The predicted molar refractivity (Wildman–Crippen MR) is 115 cm³/mol. The number of amides is 3. The normalized spacial score (nSPS) is 18.2. The fraction of sp³-hybridized carbons (Fsp3) is 0.250. The van der Waals surface area contributed by atoms with Gasteiger partial charge in [-0.25, -0.2) is 9.37 Å². The molecule has 3 heterocycles. The van der Waals surface area contributed by atoms with E-state index in [4.69, 9.17) is 0 Å². The Hall–Kier alpha value is -3.81. The van der Waals surface area contributed by atoms with Crippen LogP contribution in [0.4, 0.5) is 4.39 Å². The molecule has 1 unspecified atom stereocenters.